The summed E-state index contributed by atoms with van der Waals surface area (Å²) in [4.78, 5) is 9.01. The van der Waals surface area contributed by atoms with E-state index in [1.807, 2.05) is 42.8 Å². The fourth-order valence-corrected chi connectivity index (χ4v) is 4.28. The van der Waals surface area contributed by atoms with Crippen molar-refractivity contribution in [1.82, 2.24) is 19.9 Å². The Hall–Kier alpha value is -4.05. The third-order valence-electron chi connectivity index (χ3n) is 6.48. The monoisotopic (exact) mass is 540 g/mol. The average Bonchev–Trinajstić information content (AvgIpc) is 3.34. The van der Waals surface area contributed by atoms with Crippen LogP contribution in [0.25, 0.3) is 11.3 Å². The average molecular weight is 541 g/mol. The SMILES string of the molecule is COc1cc(OC)cc(C(C)NCc2cc(Cn3ccnc3C)cc(-c3cc(C(F)(F)F)ccc3OC)n2)c1. The van der Waals surface area contributed by atoms with Crippen molar-refractivity contribution >= 4 is 0 Å². The van der Waals surface area contributed by atoms with E-state index in [9.17, 15) is 13.2 Å². The van der Waals surface area contributed by atoms with E-state index in [0.717, 1.165) is 29.1 Å². The largest absolute Gasteiger partial charge is 0.497 e. The van der Waals surface area contributed by atoms with Gasteiger partial charge in [-0.05, 0) is 67.4 Å². The van der Waals surface area contributed by atoms with Gasteiger partial charge in [0.2, 0.25) is 0 Å². The molecule has 0 saturated carbocycles. The number of alkyl halides is 3. The number of halogens is 3. The van der Waals surface area contributed by atoms with Crippen LogP contribution in [0.15, 0.2) is 60.9 Å². The molecule has 10 heteroatoms. The van der Waals surface area contributed by atoms with Gasteiger partial charge in [-0.25, -0.2) is 4.98 Å². The molecule has 4 rings (SSSR count). The molecule has 7 nitrogen and oxygen atoms in total. The number of pyridine rings is 1. The first kappa shape index (κ1) is 28.0. The predicted molar refractivity (Wildman–Crippen MR) is 142 cm³/mol. The van der Waals surface area contributed by atoms with Crippen LogP contribution in [0.1, 0.15) is 41.2 Å². The summed E-state index contributed by atoms with van der Waals surface area (Å²) in [6, 6.07) is 12.7. The minimum Gasteiger partial charge on any atom is -0.497 e. The van der Waals surface area contributed by atoms with E-state index in [0.29, 0.717) is 41.7 Å². The number of nitrogens with one attached hydrogen (secondary N) is 1. The van der Waals surface area contributed by atoms with Gasteiger partial charge < -0.3 is 24.1 Å². The fourth-order valence-electron chi connectivity index (χ4n) is 4.28. The zero-order valence-corrected chi connectivity index (χ0v) is 22.5. The number of nitrogens with zero attached hydrogens (tertiary/aromatic N) is 3. The van der Waals surface area contributed by atoms with Crippen molar-refractivity contribution in [1.29, 1.82) is 0 Å². The third kappa shape index (κ3) is 6.69. The van der Waals surface area contributed by atoms with Gasteiger partial charge in [-0.15, -0.1) is 0 Å². The van der Waals surface area contributed by atoms with Crippen molar-refractivity contribution in [3.05, 3.63) is 89.1 Å². The number of methoxy groups -OCH3 is 3. The summed E-state index contributed by atoms with van der Waals surface area (Å²) < 4.78 is 58.8. The zero-order valence-electron chi connectivity index (χ0n) is 22.5. The lowest BCUT2D eigenvalue weighted by Crippen LogP contribution is -2.19. The van der Waals surface area contributed by atoms with E-state index in [4.69, 9.17) is 19.2 Å². The molecule has 1 N–H and O–H groups in total. The molecule has 1 atom stereocenters. The molecular weight excluding hydrogens is 509 g/mol. The summed E-state index contributed by atoms with van der Waals surface area (Å²) in [6.07, 6.45) is -0.930. The molecular formula is C29H31F3N4O3. The number of ether oxygens (including phenoxy) is 3. The molecule has 0 spiro atoms. The van der Waals surface area contributed by atoms with Crippen molar-refractivity contribution < 1.29 is 27.4 Å². The van der Waals surface area contributed by atoms with Crippen molar-refractivity contribution in [3.63, 3.8) is 0 Å². The number of hydrogen-bond acceptors (Lipinski definition) is 6. The van der Waals surface area contributed by atoms with Gasteiger partial charge in [-0.1, -0.05) is 0 Å². The Morgan fingerprint density at radius 3 is 2.26 bits per heavy atom. The van der Waals surface area contributed by atoms with Gasteiger partial charge >= 0.3 is 6.18 Å². The normalized spacial score (nSPS) is 12.3. The van der Waals surface area contributed by atoms with Crippen molar-refractivity contribution in [2.24, 2.45) is 0 Å². The first-order valence-corrected chi connectivity index (χ1v) is 12.3. The first-order chi connectivity index (χ1) is 18.6. The van der Waals surface area contributed by atoms with Gasteiger partial charge in [0.15, 0.2) is 0 Å². The quantitative estimate of drug-likeness (QED) is 0.258. The maximum absolute atomic E-state index is 13.6. The number of aromatic nitrogens is 3. The number of imidazole rings is 1. The van der Waals surface area contributed by atoms with Crippen LogP contribution in [0.4, 0.5) is 13.2 Å². The smallest absolute Gasteiger partial charge is 0.416 e. The Bertz CT molecular complexity index is 1410. The first-order valence-electron chi connectivity index (χ1n) is 12.3. The molecule has 0 aliphatic carbocycles. The molecule has 0 saturated heterocycles. The molecule has 39 heavy (non-hydrogen) atoms. The van der Waals surface area contributed by atoms with Crippen molar-refractivity contribution in [3.8, 4) is 28.5 Å². The summed E-state index contributed by atoms with van der Waals surface area (Å²) in [5.74, 6) is 2.48. The second kappa shape index (κ2) is 11.8. The molecule has 2 aromatic heterocycles. The van der Waals surface area contributed by atoms with Crippen LogP contribution in [0.2, 0.25) is 0 Å². The minimum atomic E-state index is -4.50. The predicted octanol–water partition coefficient (Wildman–Crippen LogP) is 6.20. The van der Waals surface area contributed by atoms with Crippen LogP contribution in [0.5, 0.6) is 17.2 Å². The van der Waals surface area contributed by atoms with Gasteiger partial charge in [-0.2, -0.15) is 13.2 Å². The number of benzene rings is 2. The topological polar surface area (TPSA) is 70.4 Å². The highest BCUT2D eigenvalue weighted by atomic mass is 19.4. The summed E-state index contributed by atoms with van der Waals surface area (Å²) in [7, 11) is 4.62. The van der Waals surface area contributed by atoms with Crippen molar-refractivity contribution in [2.45, 2.75) is 39.2 Å². The van der Waals surface area contributed by atoms with E-state index in [1.54, 1.807) is 32.5 Å². The Balaban J connectivity index is 1.70. The van der Waals surface area contributed by atoms with Crippen LogP contribution in [-0.4, -0.2) is 35.9 Å². The lowest BCUT2D eigenvalue weighted by Gasteiger charge is -2.18. The number of rotatable bonds is 10. The van der Waals surface area contributed by atoms with Gasteiger partial charge in [-0.3, -0.25) is 4.98 Å². The molecule has 0 aliphatic heterocycles. The van der Waals surface area contributed by atoms with Crippen LogP contribution >= 0.6 is 0 Å². The van der Waals surface area contributed by atoms with Crippen molar-refractivity contribution in [2.75, 3.05) is 21.3 Å². The summed E-state index contributed by atoms with van der Waals surface area (Å²) in [6.45, 7) is 4.75. The summed E-state index contributed by atoms with van der Waals surface area (Å²) >= 11 is 0. The highest BCUT2D eigenvalue weighted by molar-refractivity contribution is 5.69. The molecule has 0 fully saturated rings. The standard InChI is InChI=1S/C29H31F3N4O3/c1-18(21-12-24(37-3)15-25(13-21)38-4)34-16-23-10-20(17-36-9-8-33-19(36)2)11-27(35-23)26-14-22(29(30,31)32)6-7-28(26)39-5/h6-15,18,34H,16-17H2,1-5H3. The van der Waals surface area contributed by atoms with Gasteiger partial charge in [0, 0.05) is 43.2 Å². The number of aryl methyl sites for hydroxylation is 1. The van der Waals surface area contributed by atoms with Gasteiger partial charge in [0.1, 0.15) is 23.1 Å². The van der Waals surface area contributed by atoms with Gasteiger partial charge in [0.25, 0.3) is 0 Å². The Morgan fingerprint density at radius 1 is 0.949 bits per heavy atom. The molecule has 1 unspecified atom stereocenters. The molecule has 206 valence electrons. The molecule has 2 heterocycles. The number of hydrogen-bond donors (Lipinski definition) is 1. The second-order valence-corrected chi connectivity index (χ2v) is 9.12. The lowest BCUT2D eigenvalue weighted by molar-refractivity contribution is -0.137. The zero-order chi connectivity index (χ0) is 28.2. The lowest BCUT2D eigenvalue weighted by atomic mass is 10.0. The molecule has 2 aromatic carbocycles. The Labute approximate surface area is 225 Å². The van der Waals surface area contributed by atoms with Gasteiger partial charge in [0.05, 0.1) is 38.3 Å². The third-order valence-corrected chi connectivity index (χ3v) is 6.48. The van der Waals surface area contributed by atoms with Crippen LogP contribution in [-0.2, 0) is 19.3 Å². The van der Waals surface area contributed by atoms with E-state index in [-0.39, 0.29) is 11.6 Å². The molecule has 0 amide bonds. The second-order valence-electron chi connectivity index (χ2n) is 9.12. The molecule has 0 aliphatic rings. The summed E-state index contributed by atoms with van der Waals surface area (Å²) in [5, 5.41) is 3.45. The van der Waals surface area contributed by atoms with E-state index >= 15 is 0 Å². The van der Waals surface area contributed by atoms with E-state index in [2.05, 4.69) is 10.3 Å². The highest BCUT2D eigenvalue weighted by Crippen LogP contribution is 2.37. The van der Waals surface area contributed by atoms with E-state index < -0.39 is 11.7 Å². The molecule has 0 radical (unpaired) electrons. The maximum atomic E-state index is 13.6. The Morgan fingerprint density at radius 2 is 1.67 bits per heavy atom. The van der Waals surface area contributed by atoms with E-state index in [1.165, 1.54) is 13.2 Å². The molecule has 4 aromatic rings. The van der Waals surface area contributed by atoms with Crippen LogP contribution in [0, 0.1) is 6.92 Å². The van der Waals surface area contributed by atoms with Crippen LogP contribution < -0.4 is 19.5 Å². The Kier molecular flexibility index (Phi) is 8.44. The highest BCUT2D eigenvalue weighted by Gasteiger charge is 2.31. The minimum absolute atomic E-state index is 0.0955. The summed E-state index contributed by atoms with van der Waals surface area (Å²) in [5.41, 5.74) is 2.38. The molecule has 0 bridgehead atoms. The maximum Gasteiger partial charge on any atom is 0.416 e. The fraction of sp³-hybridized carbons (Fsp3) is 0.310. The van der Waals surface area contributed by atoms with Crippen LogP contribution in [0.3, 0.4) is 0 Å².